The lowest BCUT2D eigenvalue weighted by atomic mass is 10.2. The van der Waals surface area contributed by atoms with Gasteiger partial charge in [-0.3, -0.25) is 14.5 Å². The number of fused-ring (bicyclic) bond motifs is 1. The van der Waals surface area contributed by atoms with Gasteiger partial charge in [0.05, 0.1) is 18.7 Å². The second-order valence-corrected chi connectivity index (χ2v) is 6.38. The second kappa shape index (κ2) is 7.91. The Morgan fingerprint density at radius 1 is 1.15 bits per heavy atom. The van der Waals surface area contributed by atoms with Crippen molar-refractivity contribution in [2.24, 2.45) is 0 Å². The Morgan fingerprint density at radius 3 is 2.62 bits per heavy atom. The molecule has 0 fully saturated rings. The molecule has 0 saturated carbocycles. The van der Waals surface area contributed by atoms with Crippen LogP contribution in [-0.2, 0) is 16.1 Å². The maximum Gasteiger partial charge on any atom is 0.240 e. The molecule has 3 rings (SSSR count). The summed E-state index contributed by atoms with van der Waals surface area (Å²) in [5.74, 6) is 0.317. The van der Waals surface area contributed by atoms with Crippen LogP contribution >= 0.6 is 0 Å². The van der Waals surface area contributed by atoms with Crippen LogP contribution in [0.5, 0.6) is 5.75 Å². The van der Waals surface area contributed by atoms with Crippen LogP contribution < -0.4 is 19.9 Å². The van der Waals surface area contributed by atoms with Crippen LogP contribution in [0, 0.1) is 0 Å². The lowest BCUT2D eigenvalue weighted by Gasteiger charge is -2.21. The zero-order chi connectivity index (χ0) is 18.5. The molecular formula is C20H23N3O3. The minimum Gasteiger partial charge on any atom is -0.491 e. The van der Waals surface area contributed by atoms with Gasteiger partial charge in [-0.2, -0.15) is 0 Å². The monoisotopic (exact) mass is 353 g/mol. The van der Waals surface area contributed by atoms with Crippen molar-refractivity contribution in [3.63, 3.8) is 0 Å². The number of nitrogens with zero attached hydrogens (tertiary/aromatic N) is 2. The molecule has 0 aliphatic carbocycles. The fraction of sp³-hybridized carbons (Fsp3) is 0.300. The van der Waals surface area contributed by atoms with Crippen molar-refractivity contribution in [2.45, 2.75) is 13.0 Å². The number of anilines is 2. The zero-order valence-corrected chi connectivity index (χ0v) is 15.1. The van der Waals surface area contributed by atoms with Gasteiger partial charge in [0.15, 0.2) is 0 Å². The normalized spacial score (nSPS) is 13.5. The van der Waals surface area contributed by atoms with Gasteiger partial charge >= 0.3 is 0 Å². The molecule has 1 aliphatic rings. The van der Waals surface area contributed by atoms with E-state index < -0.39 is 0 Å². The molecule has 2 aromatic rings. The fourth-order valence-electron chi connectivity index (χ4n) is 2.81. The number of ether oxygens (including phenoxy) is 1. The highest BCUT2D eigenvalue weighted by Gasteiger charge is 2.24. The zero-order valence-electron chi connectivity index (χ0n) is 15.1. The molecule has 1 aliphatic heterocycles. The molecule has 0 aromatic heterocycles. The topological polar surface area (TPSA) is 61.9 Å². The molecule has 0 unspecified atom stereocenters. The van der Waals surface area contributed by atoms with Gasteiger partial charge in [-0.05, 0) is 29.8 Å². The molecule has 2 amide bonds. The van der Waals surface area contributed by atoms with Crippen molar-refractivity contribution in [3.8, 4) is 5.75 Å². The third-order valence-electron chi connectivity index (χ3n) is 4.27. The van der Waals surface area contributed by atoms with Crippen LogP contribution in [0.2, 0.25) is 0 Å². The molecular weight excluding hydrogens is 330 g/mol. The van der Waals surface area contributed by atoms with Crippen LogP contribution in [-0.4, -0.2) is 39.1 Å². The quantitative estimate of drug-likeness (QED) is 0.895. The summed E-state index contributed by atoms with van der Waals surface area (Å²) < 4.78 is 5.59. The molecule has 0 saturated heterocycles. The molecule has 0 atom stereocenters. The molecule has 6 nitrogen and oxygen atoms in total. The van der Waals surface area contributed by atoms with E-state index in [9.17, 15) is 9.59 Å². The van der Waals surface area contributed by atoms with Crippen LogP contribution in [0.4, 0.5) is 11.4 Å². The third kappa shape index (κ3) is 4.14. The molecule has 1 heterocycles. The van der Waals surface area contributed by atoms with Crippen molar-refractivity contribution in [3.05, 3.63) is 54.1 Å². The van der Waals surface area contributed by atoms with Crippen molar-refractivity contribution < 1.29 is 14.3 Å². The van der Waals surface area contributed by atoms with E-state index in [4.69, 9.17) is 4.74 Å². The maximum absolute atomic E-state index is 12.4. The minimum atomic E-state index is -0.202. The predicted octanol–water partition coefficient (Wildman–Crippen LogP) is 2.18. The third-order valence-corrected chi connectivity index (χ3v) is 4.27. The molecule has 0 spiro atoms. The Labute approximate surface area is 153 Å². The summed E-state index contributed by atoms with van der Waals surface area (Å²) in [5.41, 5.74) is 2.75. The first-order chi connectivity index (χ1) is 12.5. The van der Waals surface area contributed by atoms with Gasteiger partial charge in [0, 0.05) is 26.3 Å². The van der Waals surface area contributed by atoms with E-state index in [0.717, 1.165) is 11.3 Å². The number of hydrogen-bond acceptors (Lipinski definition) is 4. The average Bonchev–Trinajstić information content (AvgIpc) is 2.80. The van der Waals surface area contributed by atoms with Crippen molar-refractivity contribution >= 4 is 23.2 Å². The van der Waals surface area contributed by atoms with Crippen LogP contribution in [0.1, 0.15) is 12.0 Å². The lowest BCUT2D eigenvalue weighted by Crippen LogP contribution is -2.40. The van der Waals surface area contributed by atoms with Crippen molar-refractivity contribution in [2.75, 3.05) is 37.0 Å². The van der Waals surface area contributed by atoms with E-state index >= 15 is 0 Å². The summed E-state index contributed by atoms with van der Waals surface area (Å²) in [6, 6.07) is 15.3. The van der Waals surface area contributed by atoms with E-state index in [1.807, 2.05) is 61.5 Å². The van der Waals surface area contributed by atoms with Crippen molar-refractivity contribution in [1.82, 2.24) is 5.32 Å². The van der Waals surface area contributed by atoms with E-state index in [0.29, 0.717) is 24.6 Å². The lowest BCUT2D eigenvalue weighted by molar-refractivity contribution is -0.124. The number of carbonyl (C=O) groups is 2. The van der Waals surface area contributed by atoms with Crippen molar-refractivity contribution in [1.29, 1.82) is 0 Å². The minimum absolute atomic E-state index is 0.0189. The largest absolute Gasteiger partial charge is 0.491 e. The number of amides is 2. The first-order valence-corrected chi connectivity index (χ1v) is 8.60. The number of rotatable bonds is 5. The van der Waals surface area contributed by atoms with Crippen LogP contribution in [0.25, 0.3) is 0 Å². The number of para-hydroxylation sites is 2. The smallest absolute Gasteiger partial charge is 0.240 e. The Kier molecular flexibility index (Phi) is 5.41. The van der Waals surface area contributed by atoms with Crippen LogP contribution in [0.15, 0.2) is 48.5 Å². The van der Waals surface area contributed by atoms with Gasteiger partial charge in [0.1, 0.15) is 12.3 Å². The Morgan fingerprint density at radius 2 is 1.88 bits per heavy atom. The summed E-state index contributed by atoms with van der Waals surface area (Å²) in [7, 11) is 3.97. The molecule has 0 bridgehead atoms. The predicted molar refractivity (Wildman–Crippen MR) is 102 cm³/mol. The van der Waals surface area contributed by atoms with E-state index in [2.05, 4.69) is 5.32 Å². The average molecular weight is 353 g/mol. The highest BCUT2D eigenvalue weighted by Crippen LogP contribution is 2.30. The first kappa shape index (κ1) is 17.8. The van der Waals surface area contributed by atoms with Gasteiger partial charge in [0.25, 0.3) is 0 Å². The van der Waals surface area contributed by atoms with Gasteiger partial charge < -0.3 is 15.0 Å². The first-order valence-electron chi connectivity index (χ1n) is 8.60. The van der Waals surface area contributed by atoms with E-state index in [-0.39, 0.29) is 24.8 Å². The molecule has 136 valence electrons. The molecule has 6 heteroatoms. The summed E-state index contributed by atoms with van der Waals surface area (Å²) in [6.07, 6.45) is 0.258. The SMILES string of the molecule is CN(C)c1ccc(CNC(=O)CN2C(=O)CCOc3ccccc32)cc1. The number of benzene rings is 2. The molecule has 2 aromatic carbocycles. The number of carbonyl (C=O) groups excluding carboxylic acids is 2. The highest BCUT2D eigenvalue weighted by molar-refractivity contribution is 6.00. The van der Waals surface area contributed by atoms with E-state index in [1.54, 1.807) is 6.07 Å². The Bertz CT molecular complexity index is 787. The highest BCUT2D eigenvalue weighted by atomic mass is 16.5. The van der Waals surface area contributed by atoms with Gasteiger partial charge in [-0.15, -0.1) is 0 Å². The number of nitrogens with one attached hydrogen (secondary N) is 1. The Hall–Kier alpha value is -3.02. The van der Waals surface area contributed by atoms with Gasteiger partial charge in [-0.1, -0.05) is 24.3 Å². The van der Waals surface area contributed by atoms with Crippen LogP contribution in [0.3, 0.4) is 0 Å². The molecule has 0 radical (unpaired) electrons. The standard InChI is InChI=1S/C20H23N3O3/c1-22(2)16-9-7-15(8-10-16)13-21-19(24)14-23-17-5-3-4-6-18(17)26-12-11-20(23)25/h3-10H,11-14H2,1-2H3,(H,21,24). The molecule has 1 N–H and O–H groups in total. The summed E-state index contributed by atoms with van der Waals surface area (Å²) >= 11 is 0. The summed E-state index contributed by atoms with van der Waals surface area (Å²) in [6.45, 7) is 0.730. The molecule has 26 heavy (non-hydrogen) atoms. The maximum atomic E-state index is 12.4. The van der Waals surface area contributed by atoms with Gasteiger partial charge in [0.2, 0.25) is 11.8 Å². The van der Waals surface area contributed by atoms with E-state index in [1.165, 1.54) is 4.90 Å². The van der Waals surface area contributed by atoms with Gasteiger partial charge in [-0.25, -0.2) is 0 Å². The fourth-order valence-corrected chi connectivity index (χ4v) is 2.81. The Balaban J connectivity index is 1.63. The second-order valence-electron chi connectivity index (χ2n) is 6.38. The summed E-state index contributed by atoms with van der Waals surface area (Å²) in [5, 5.41) is 2.88. The number of hydrogen-bond donors (Lipinski definition) is 1. The summed E-state index contributed by atoms with van der Waals surface area (Å²) in [4.78, 5) is 28.2.